The summed E-state index contributed by atoms with van der Waals surface area (Å²) in [6, 6.07) is 90.7. The lowest BCUT2D eigenvalue weighted by molar-refractivity contribution is 0.669. The van der Waals surface area contributed by atoms with Crippen molar-refractivity contribution >= 4 is 66.2 Å². The fourth-order valence-electron chi connectivity index (χ4n) is 10.9. The van der Waals surface area contributed by atoms with Gasteiger partial charge >= 0.3 is 0 Å². The highest BCUT2D eigenvalue weighted by atomic mass is 16.3. The van der Waals surface area contributed by atoms with Crippen molar-refractivity contribution in [2.45, 2.75) is 6.17 Å². The molecule has 11 aromatic carbocycles. The zero-order valence-electron chi connectivity index (χ0n) is 39.1. The minimum Gasteiger partial charge on any atom is -0.456 e. The monoisotopic (exact) mass is 920 g/mol. The van der Waals surface area contributed by atoms with E-state index in [9.17, 15) is 0 Å². The average Bonchev–Trinajstić information content (AvgIpc) is 4.00. The number of nitrogens with one attached hydrogen (secondary N) is 1. The van der Waals surface area contributed by atoms with E-state index in [1.165, 1.54) is 32.7 Å². The largest absolute Gasteiger partial charge is 0.456 e. The molecule has 0 saturated heterocycles. The minimum absolute atomic E-state index is 0.534. The maximum absolute atomic E-state index is 6.42. The average molecular weight is 921 g/mol. The van der Waals surface area contributed by atoms with Crippen LogP contribution in [0.25, 0.3) is 105 Å². The van der Waals surface area contributed by atoms with Gasteiger partial charge in [0.2, 0.25) is 0 Å². The molecule has 0 radical (unpaired) electrons. The summed E-state index contributed by atoms with van der Waals surface area (Å²) < 4.78 is 8.87. The Morgan fingerprint density at radius 1 is 0.375 bits per heavy atom. The summed E-state index contributed by atoms with van der Waals surface area (Å²) in [4.78, 5) is 11.1. The molecule has 72 heavy (non-hydrogen) atoms. The Labute approximate surface area is 416 Å². The molecule has 1 aliphatic heterocycles. The van der Waals surface area contributed by atoms with Gasteiger partial charge in [0.05, 0.1) is 11.0 Å². The molecule has 13 aromatic rings. The standard InChI is InChI=1S/C67H44N4O/c1-4-19-43(20-5-1)50-27-12-14-30-54(50)65-68-66(55-31-15-13-28-51(55)44-21-6-2-7-22-44)70-67(69-65)56-37-36-49(42-57(56)48-35-38-63-58(40-48)53-29-16-17-34-62(53)72-63)71-60-33-18-32-52(45-23-8-3-9-24-45)64(60)59-39-46-25-10-11-26-47(46)41-61(59)71/h1-42,67H,(H,68,69,70). The van der Waals surface area contributed by atoms with Crippen molar-refractivity contribution in [2.24, 2.45) is 9.98 Å². The molecule has 338 valence electrons. The quantitative estimate of drug-likeness (QED) is 0.165. The molecular formula is C67H44N4O. The smallest absolute Gasteiger partial charge is 0.160 e. The van der Waals surface area contributed by atoms with E-state index in [1.54, 1.807) is 0 Å². The maximum atomic E-state index is 6.42. The zero-order valence-corrected chi connectivity index (χ0v) is 39.1. The number of rotatable bonds is 8. The number of hydrogen-bond acceptors (Lipinski definition) is 4. The summed E-state index contributed by atoms with van der Waals surface area (Å²) in [5.74, 6) is 1.41. The van der Waals surface area contributed by atoms with E-state index >= 15 is 0 Å². The van der Waals surface area contributed by atoms with Crippen LogP contribution in [0.3, 0.4) is 0 Å². The molecule has 5 heteroatoms. The number of furan rings is 1. The first-order valence-electron chi connectivity index (χ1n) is 24.5. The lowest BCUT2D eigenvalue weighted by Crippen LogP contribution is -2.34. The van der Waals surface area contributed by atoms with E-state index in [4.69, 9.17) is 14.4 Å². The number of nitrogens with zero attached hydrogens (tertiary/aromatic N) is 3. The van der Waals surface area contributed by atoms with Crippen LogP contribution < -0.4 is 5.32 Å². The fraction of sp³-hybridized carbons (Fsp3) is 0.0149. The predicted molar refractivity (Wildman–Crippen MR) is 299 cm³/mol. The van der Waals surface area contributed by atoms with Crippen LogP contribution in [0.1, 0.15) is 22.9 Å². The van der Waals surface area contributed by atoms with Crippen molar-refractivity contribution in [3.8, 4) is 50.2 Å². The van der Waals surface area contributed by atoms with Crippen LogP contribution in [-0.4, -0.2) is 16.2 Å². The van der Waals surface area contributed by atoms with E-state index in [0.29, 0.717) is 5.84 Å². The third-order valence-corrected chi connectivity index (χ3v) is 14.3. The molecule has 1 aliphatic rings. The van der Waals surface area contributed by atoms with Gasteiger partial charge in [-0.25, -0.2) is 9.98 Å². The highest BCUT2D eigenvalue weighted by molar-refractivity contribution is 6.19. The molecule has 2 aromatic heterocycles. The molecule has 3 heterocycles. The molecule has 0 amide bonds. The van der Waals surface area contributed by atoms with Crippen LogP contribution in [0.2, 0.25) is 0 Å². The van der Waals surface area contributed by atoms with Gasteiger partial charge in [-0.1, -0.05) is 206 Å². The van der Waals surface area contributed by atoms with Crippen LogP contribution in [-0.2, 0) is 0 Å². The molecule has 0 fully saturated rings. The number of hydrogen-bond donors (Lipinski definition) is 1. The predicted octanol–water partition coefficient (Wildman–Crippen LogP) is 17.0. The molecule has 0 spiro atoms. The van der Waals surface area contributed by atoms with Crippen molar-refractivity contribution in [2.75, 3.05) is 0 Å². The van der Waals surface area contributed by atoms with Gasteiger partial charge in [0.1, 0.15) is 23.2 Å². The number of amidine groups is 2. The summed E-state index contributed by atoms with van der Waals surface area (Å²) in [6.07, 6.45) is -0.534. The topological polar surface area (TPSA) is 54.8 Å². The number of aliphatic imine (C=N–C) groups is 2. The van der Waals surface area contributed by atoms with Crippen LogP contribution in [0.5, 0.6) is 0 Å². The van der Waals surface area contributed by atoms with Crippen molar-refractivity contribution in [1.82, 2.24) is 9.88 Å². The van der Waals surface area contributed by atoms with Crippen molar-refractivity contribution in [1.29, 1.82) is 0 Å². The van der Waals surface area contributed by atoms with Gasteiger partial charge in [0, 0.05) is 43.9 Å². The Morgan fingerprint density at radius 2 is 0.958 bits per heavy atom. The molecule has 0 saturated carbocycles. The number of aromatic nitrogens is 1. The van der Waals surface area contributed by atoms with Crippen molar-refractivity contribution in [3.63, 3.8) is 0 Å². The van der Waals surface area contributed by atoms with Gasteiger partial charge in [-0.05, 0) is 104 Å². The van der Waals surface area contributed by atoms with Crippen LogP contribution in [0.15, 0.2) is 269 Å². The Kier molecular flexibility index (Phi) is 9.85. The van der Waals surface area contributed by atoms with E-state index in [-0.39, 0.29) is 0 Å². The summed E-state index contributed by atoms with van der Waals surface area (Å²) in [5, 5.41) is 10.9. The first kappa shape index (κ1) is 41.4. The summed E-state index contributed by atoms with van der Waals surface area (Å²) in [6.45, 7) is 0. The molecule has 0 aliphatic carbocycles. The minimum atomic E-state index is -0.534. The van der Waals surface area contributed by atoms with E-state index in [1.807, 2.05) is 12.1 Å². The van der Waals surface area contributed by atoms with Crippen LogP contribution in [0.4, 0.5) is 0 Å². The molecule has 1 N–H and O–H groups in total. The first-order chi connectivity index (χ1) is 35.7. The molecule has 5 nitrogen and oxygen atoms in total. The highest BCUT2D eigenvalue weighted by Crippen LogP contribution is 2.43. The lowest BCUT2D eigenvalue weighted by atomic mass is 9.94. The lowest BCUT2D eigenvalue weighted by Gasteiger charge is -2.27. The van der Waals surface area contributed by atoms with Gasteiger partial charge < -0.3 is 14.3 Å². The molecular weight excluding hydrogens is 877 g/mol. The summed E-state index contributed by atoms with van der Waals surface area (Å²) >= 11 is 0. The number of fused-ring (bicyclic) bond motifs is 7. The molecule has 1 atom stereocenters. The fourth-order valence-corrected chi connectivity index (χ4v) is 10.9. The SMILES string of the molecule is c1ccc(-c2ccccc2C2=NC(c3ccc(-n4c5cc6ccccc6cc5c5c(-c6ccccc6)cccc54)cc3-c3ccc4oc5ccccc5c4c3)NC(c3ccccc3-c3ccccc3)=N2)cc1. The van der Waals surface area contributed by atoms with Gasteiger partial charge in [-0.2, -0.15) is 0 Å². The van der Waals surface area contributed by atoms with Crippen LogP contribution in [0, 0.1) is 0 Å². The van der Waals surface area contributed by atoms with Gasteiger partial charge in [-0.3, -0.25) is 0 Å². The van der Waals surface area contributed by atoms with Crippen LogP contribution >= 0.6 is 0 Å². The molecule has 1 unspecified atom stereocenters. The Morgan fingerprint density at radius 3 is 1.69 bits per heavy atom. The maximum Gasteiger partial charge on any atom is 0.160 e. The number of benzene rings is 11. The molecule has 14 rings (SSSR count). The Hall–Kier alpha value is -9.58. The second-order valence-electron chi connectivity index (χ2n) is 18.5. The third kappa shape index (κ3) is 7.01. The van der Waals surface area contributed by atoms with Crippen molar-refractivity contribution < 1.29 is 4.42 Å². The molecule has 0 bridgehead atoms. The van der Waals surface area contributed by atoms with E-state index in [2.05, 4.69) is 253 Å². The first-order valence-corrected chi connectivity index (χ1v) is 24.5. The second-order valence-corrected chi connectivity index (χ2v) is 18.5. The van der Waals surface area contributed by atoms with Gasteiger partial charge in [0.15, 0.2) is 5.84 Å². The van der Waals surface area contributed by atoms with E-state index in [0.717, 1.165) is 94.6 Å². The zero-order chi connectivity index (χ0) is 47.5. The highest BCUT2D eigenvalue weighted by Gasteiger charge is 2.28. The Bertz CT molecular complexity index is 4300. The van der Waals surface area contributed by atoms with Gasteiger partial charge in [0.25, 0.3) is 0 Å². The van der Waals surface area contributed by atoms with E-state index < -0.39 is 6.17 Å². The second kappa shape index (κ2) is 17.1. The Balaban J connectivity index is 1.03. The number of para-hydroxylation sites is 1. The van der Waals surface area contributed by atoms with Crippen molar-refractivity contribution in [3.05, 3.63) is 271 Å². The summed E-state index contributed by atoms with van der Waals surface area (Å²) in [5.41, 5.74) is 16.9. The van der Waals surface area contributed by atoms with Gasteiger partial charge in [-0.15, -0.1) is 0 Å². The third-order valence-electron chi connectivity index (χ3n) is 14.3. The summed E-state index contributed by atoms with van der Waals surface area (Å²) in [7, 11) is 0. The normalized spacial score (nSPS) is 13.7.